The molecule has 1 aliphatic heterocycles. The fourth-order valence-electron chi connectivity index (χ4n) is 2.32. The molecule has 1 heterocycles. The molecule has 1 fully saturated rings. The average Bonchev–Trinajstić information content (AvgIpc) is 2.72. The SMILES string of the molecule is CC.N/C(=N\N=C(/N)C(=O)N1CCCCC1)C(=O)NCc1ccccc1. The molecule has 0 aromatic heterocycles. The van der Waals surface area contributed by atoms with Crippen molar-refractivity contribution >= 4 is 23.5 Å². The van der Waals surface area contributed by atoms with Crippen LogP contribution in [0.15, 0.2) is 40.5 Å². The van der Waals surface area contributed by atoms with Gasteiger partial charge in [0.1, 0.15) is 0 Å². The zero-order valence-electron chi connectivity index (χ0n) is 15.4. The third-order valence-electron chi connectivity index (χ3n) is 3.66. The van der Waals surface area contributed by atoms with E-state index in [1.807, 2.05) is 44.2 Å². The molecule has 1 aliphatic rings. The molecule has 1 aromatic rings. The van der Waals surface area contributed by atoms with Crippen molar-refractivity contribution in [3.05, 3.63) is 35.9 Å². The predicted octanol–water partition coefficient (Wildman–Crippen LogP) is 0.971. The van der Waals surface area contributed by atoms with Crippen molar-refractivity contribution < 1.29 is 9.59 Å². The van der Waals surface area contributed by atoms with Gasteiger partial charge in [0.15, 0.2) is 0 Å². The van der Waals surface area contributed by atoms with Crippen molar-refractivity contribution in [1.29, 1.82) is 0 Å². The van der Waals surface area contributed by atoms with E-state index in [9.17, 15) is 9.59 Å². The maximum absolute atomic E-state index is 12.1. The van der Waals surface area contributed by atoms with E-state index in [0.717, 1.165) is 24.8 Å². The predicted molar refractivity (Wildman–Crippen MR) is 103 cm³/mol. The molecule has 26 heavy (non-hydrogen) atoms. The van der Waals surface area contributed by atoms with Crippen molar-refractivity contribution in [1.82, 2.24) is 10.2 Å². The average molecular weight is 360 g/mol. The van der Waals surface area contributed by atoms with Crippen LogP contribution in [-0.2, 0) is 16.1 Å². The Morgan fingerprint density at radius 3 is 2.19 bits per heavy atom. The lowest BCUT2D eigenvalue weighted by molar-refractivity contribution is -0.125. The highest BCUT2D eigenvalue weighted by Crippen LogP contribution is 2.08. The number of likely N-dealkylation sites (tertiary alicyclic amines) is 1. The lowest BCUT2D eigenvalue weighted by atomic mass is 10.1. The van der Waals surface area contributed by atoms with Crippen LogP contribution in [0.3, 0.4) is 0 Å². The molecule has 8 nitrogen and oxygen atoms in total. The molecule has 0 unspecified atom stereocenters. The van der Waals surface area contributed by atoms with Crippen molar-refractivity contribution in [2.24, 2.45) is 21.7 Å². The van der Waals surface area contributed by atoms with Gasteiger partial charge in [-0.05, 0) is 24.8 Å². The summed E-state index contributed by atoms with van der Waals surface area (Å²) in [5.41, 5.74) is 12.1. The summed E-state index contributed by atoms with van der Waals surface area (Å²) in [5, 5.41) is 9.75. The fourth-order valence-corrected chi connectivity index (χ4v) is 2.32. The van der Waals surface area contributed by atoms with Crippen LogP contribution in [-0.4, -0.2) is 41.5 Å². The topological polar surface area (TPSA) is 126 Å². The van der Waals surface area contributed by atoms with Crippen LogP contribution >= 0.6 is 0 Å². The minimum Gasteiger partial charge on any atom is -0.378 e. The number of hydrogen-bond donors (Lipinski definition) is 3. The Morgan fingerprint density at radius 1 is 1.00 bits per heavy atom. The Kier molecular flexibility index (Phi) is 9.45. The van der Waals surface area contributed by atoms with E-state index in [4.69, 9.17) is 11.5 Å². The van der Waals surface area contributed by atoms with E-state index >= 15 is 0 Å². The number of piperidine rings is 1. The van der Waals surface area contributed by atoms with Gasteiger partial charge in [-0.1, -0.05) is 44.2 Å². The first-order chi connectivity index (χ1) is 12.6. The van der Waals surface area contributed by atoms with E-state index in [1.165, 1.54) is 0 Å². The highest BCUT2D eigenvalue weighted by molar-refractivity contribution is 6.39. The molecule has 0 spiro atoms. The number of nitrogens with one attached hydrogen (secondary N) is 1. The quantitative estimate of drug-likeness (QED) is 0.422. The molecule has 1 aromatic carbocycles. The van der Waals surface area contributed by atoms with E-state index < -0.39 is 5.91 Å². The second-order valence-corrected chi connectivity index (χ2v) is 5.49. The van der Waals surface area contributed by atoms with Crippen LogP contribution in [0, 0.1) is 0 Å². The van der Waals surface area contributed by atoms with Gasteiger partial charge >= 0.3 is 0 Å². The van der Waals surface area contributed by atoms with Gasteiger partial charge in [-0.25, -0.2) is 0 Å². The third kappa shape index (κ3) is 6.92. The molecule has 2 amide bonds. The summed E-state index contributed by atoms with van der Waals surface area (Å²) in [6.45, 7) is 5.64. The van der Waals surface area contributed by atoms with E-state index in [2.05, 4.69) is 15.5 Å². The normalized spacial score (nSPS) is 14.9. The van der Waals surface area contributed by atoms with Crippen LogP contribution in [0.5, 0.6) is 0 Å². The van der Waals surface area contributed by atoms with Gasteiger partial charge in [0.25, 0.3) is 11.8 Å². The fraction of sp³-hybridized carbons (Fsp3) is 0.444. The number of rotatable bonds is 3. The lowest BCUT2D eigenvalue weighted by Crippen LogP contribution is -2.43. The first-order valence-electron chi connectivity index (χ1n) is 8.86. The van der Waals surface area contributed by atoms with Crippen molar-refractivity contribution in [3.63, 3.8) is 0 Å². The zero-order valence-corrected chi connectivity index (χ0v) is 15.4. The summed E-state index contributed by atoms with van der Waals surface area (Å²) in [6.07, 6.45) is 3.01. The van der Waals surface area contributed by atoms with Gasteiger partial charge in [0.2, 0.25) is 11.7 Å². The highest BCUT2D eigenvalue weighted by Gasteiger charge is 2.19. The van der Waals surface area contributed by atoms with Gasteiger partial charge in [-0.15, -0.1) is 10.2 Å². The molecule has 0 aliphatic carbocycles. The van der Waals surface area contributed by atoms with Gasteiger partial charge in [0, 0.05) is 19.6 Å². The molecular formula is C18H28N6O2. The standard InChI is InChI=1S/C16H22N6O2.C2H6/c17-13(15(23)19-11-12-7-3-1-4-8-12)20-21-14(18)16(24)22-9-5-2-6-10-22;1-2/h1,3-4,7-8H,2,5-6,9-11H2,(H2,17,20)(H2,18,21)(H,19,23);1-2H3. The highest BCUT2D eigenvalue weighted by atomic mass is 16.2. The van der Waals surface area contributed by atoms with E-state index in [-0.39, 0.29) is 17.6 Å². The number of carbonyl (C=O) groups excluding carboxylic acids is 2. The number of hydrogen-bond acceptors (Lipinski definition) is 4. The molecule has 0 saturated carbocycles. The van der Waals surface area contributed by atoms with Crippen LogP contribution in [0.2, 0.25) is 0 Å². The van der Waals surface area contributed by atoms with Crippen molar-refractivity contribution in [2.45, 2.75) is 39.7 Å². The zero-order chi connectivity index (χ0) is 19.4. The molecule has 8 heteroatoms. The van der Waals surface area contributed by atoms with E-state index in [1.54, 1.807) is 4.90 Å². The summed E-state index contributed by atoms with van der Waals surface area (Å²) in [5.74, 6) is -1.56. The second-order valence-electron chi connectivity index (χ2n) is 5.49. The Labute approximate surface area is 154 Å². The lowest BCUT2D eigenvalue weighted by Gasteiger charge is -2.25. The number of benzene rings is 1. The number of carbonyl (C=O) groups is 2. The van der Waals surface area contributed by atoms with Gasteiger partial charge < -0.3 is 21.7 Å². The van der Waals surface area contributed by atoms with E-state index in [0.29, 0.717) is 19.6 Å². The smallest absolute Gasteiger partial charge is 0.290 e. The summed E-state index contributed by atoms with van der Waals surface area (Å²) >= 11 is 0. The Bertz CT molecular complexity index is 636. The minimum atomic E-state index is -0.569. The Balaban J connectivity index is 0.00000163. The Morgan fingerprint density at radius 2 is 1.58 bits per heavy atom. The molecule has 142 valence electrons. The third-order valence-corrected chi connectivity index (χ3v) is 3.66. The van der Waals surface area contributed by atoms with Gasteiger partial charge in [-0.3, -0.25) is 9.59 Å². The first-order valence-corrected chi connectivity index (χ1v) is 8.86. The number of nitrogens with two attached hydrogens (primary N) is 2. The van der Waals surface area contributed by atoms with Gasteiger partial charge in [-0.2, -0.15) is 0 Å². The van der Waals surface area contributed by atoms with Crippen LogP contribution in [0.25, 0.3) is 0 Å². The number of amides is 2. The maximum Gasteiger partial charge on any atom is 0.290 e. The largest absolute Gasteiger partial charge is 0.378 e. The molecule has 1 saturated heterocycles. The molecule has 2 rings (SSSR count). The maximum atomic E-state index is 12.1. The summed E-state index contributed by atoms with van der Waals surface area (Å²) in [4.78, 5) is 25.5. The summed E-state index contributed by atoms with van der Waals surface area (Å²) in [7, 11) is 0. The monoisotopic (exact) mass is 360 g/mol. The summed E-state index contributed by atoms with van der Waals surface area (Å²) in [6, 6.07) is 9.38. The van der Waals surface area contributed by atoms with Crippen LogP contribution in [0.1, 0.15) is 38.7 Å². The Hall–Kier alpha value is -2.90. The number of amidine groups is 2. The van der Waals surface area contributed by atoms with Gasteiger partial charge in [0.05, 0.1) is 0 Å². The van der Waals surface area contributed by atoms with Crippen LogP contribution < -0.4 is 16.8 Å². The molecule has 5 N–H and O–H groups in total. The van der Waals surface area contributed by atoms with Crippen molar-refractivity contribution in [3.8, 4) is 0 Å². The van der Waals surface area contributed by atoms with Crippen LogP contribution in [0.4, 0.5) is 0 Å². The molecule has 0 atom stereocenters. The molecule has 0 bridgehead atoms. The first kappa shape index (κ1) is 21.1. The molecule has 0 radical (unpaired) electrons. The summed E-state index contributed by atoms with van der Waals surface area (Å²) < 4.78 is 0. The number of nitrogens with zero attached hydrogens (tertiary/aromatic N) is 3. The molecular weight excluding hydrogens is 332 g/mol. The van der Waals surface area contributed by atoms with Crippen molar-refractivity contribution in [2.75, 3.05) is 13.1 Å². The minimum absolute atomic E-state index is 0.268. The second kappa shape index (κ2) is 11.6.